The molecule has 0 aromatic carbocycles. The van der Waals surface area contributed by atoms with Crippen molar-refractivity contribution in [3.63, 3.8) is 0 Å². The van der Waals surface area contributed by atoms with Gasteiger partial charge >= 0.3 is 5.97 Å². The molecule has 0 aliphatic heterocycles. The number of aliphatic carboxylic acids is 1. The van der Waals surface area contributed by atoms with Gasteiger partial charge in [-0.25, -0.2) is 0 Å². The molecule has 1 rings (SSSR count). The van der Waals surface area contributed by atoms with Crippen LogP contribution >= 0.6 is 0 Å². The molecule has 6 nitrogen and oxygen atoms in total. The summed E-state index contributed by atoms with van der Waals surface area (Å²) in [6, 6.07) is -0.619. The first-order valence-electron chi connectivity index (χ1n) is 4.41. The Morgan fingerprint density at radius 3 is 2.71 bits per heavy atom. The minimum Gasteiger partial charge on any atom is -0.480 e. The molecule has 1 heterocycles. The lowest BCUT2D eigenvalue weighted by molar-refractivity contribution is -0.139. The standard InChI is InChI=1S/C8H13N3O3/c1-3-6-10-11-7(14-6)4-9-5(2)8(12)13/h5,9H,3-4H2,1-2H3,(H,12,13). The van der Waals surface area contributed by atoms with Gasteiger partial charge in [-0.15, -0.1) is 10.2 Å². The van der Waals surface area contributed by atoms with Crippen molar-refractivity contribution >= 4 is 5.97 Å². The molecular formula is C8H13N3O3. The summed E-state index contributed by atoms with van der Waals surface area (Å²) in [5.41, 5.74) is 0. The van der Waals surface area contributed by atoms with Crippen molar-refractivity contribution in [2.45, 2.75) is 32.9 Å². The fraction of sp³-hybridized carbons (Fsp3) is 0.625. The van der Waals surface area contributed by atoms with Crippen LogP contribution in [-0.2, 0) is 17.8 Å². The van der Waals surface area contributed by atoms with Crippen LogP contribution in [0.15, 0.2) is 4.42 Å². The topological polar surface area (TPSA) is 88.2 Å². The van der Waals surface area contributed by atoms with E-state index >= 15 is 0 Å². The van der Waals surface area contributed by atoms with Gasteiger partial charge in [-0.3, -0.25) is 10.1 Å². The molecule has 0 fully saturated rings. The van der Waals surface area contributed by atoms with Gasteiger partial charge in [0, 0.05) is 6.42 Å². The van der Waals surface area contributed by atoms with Crippen molar-refractivity contribution < 1.29 is 14.3 Å². The monoisotopic (exact) mass is 199 g/mol. The van der Waals surface area contributed by atoms with E-state index in [1.54, 1.807) is 6.92 Å². The van der Waals surface area contributed by atoms with Crippen LogP contribution in [0.1, 0.15) is 25.6 Å². The molecule has 1 aromatic heterocycles. The summed E-state index contributed by atoms with van der Waals surface area (Å²) in [7, 11) is 0. The fourth-order valence-corrected chi connectivity index (χ4v) is 0.830. The normalized spacial score (nSPS) is 12.7. The Kier molecular flexibility index (Phi) is 3.58. The van der Waals surface area contributed by atoms with E-state index < -0.39 is 12.0 Å². The third kappa shape index (κ3) is 2.81. The third-order valence-corrected chi connectivity index (χ3v) is 1.74. The van der Waals surface area contributed by atoms with Crippen molar-refractivity contribution in [3.8, 4) is 0 Å². The molecule has 0 amide bonds. The maximum Gasteiger partial charge on any atom is 0.320 e. The second-order valence-electron chi connectivity index (χ2n) is 2.88. The second-order valence-corrected chi connectivity index (χ2v) is 2.88. The first kappa shape index (κ1) is 10.6. The lowest BCUT2D eigenvalue weighted by Gasteiger charge is -2.05. The molecule has 1 aromatic rings. The van der Waals surface area contributed by atoms with Gasteiger partial charge in [0.1, 0.15) is 6.04 Å². The largest absolute Gasteiger partial charge is 0.480 e. The third-order valence-electron chi connectivity index (χ3n) is 1.74. The van der Waals surface area contributed by atoms with Gasteiger partial charge in [0.2, 0.25) is 11.8 Å². The summed E-state index contributed by atoms with van der Waals surface area (Å²) in [6.45, 7) is 3.74. The van der Waals surface area contributed by atoms with E-state index in [9.17, 15) is 4.79 Å². The highest BCUT2D eigenvalue weighted by Crippen LogP contribution is 1.99. The van der Waals surface area contributed by atoms with Gasteiger partial charge in [-0.05, 0) is 6.92 Å². The molecule has 0 bridgehead atoms. The zero-order valence-corrected chi connectivity index (χ0v) is 8.15. The van der Waals surface area contributed by atoms with Crippen LogP contribution in [0.3, 0.4) is 0 Å². The maximum absolute atomic E-state index is 10.5. The molecule has 0 spiro atoms. The highest BCUT2D eigenvalue weighted by molar-refractivity contribution is 5.72. The van der Waals surface area contributed by atoms with Crippen molar-refractivity contribution in [3.05, 3.63) is 11.8 Å². The molecule has 0 aliphatic carbocycles. The number of carbonyl (C=O) groups is 1. The predicted molar refractivity (Wildman–Crippen MR) is 47.6 cm³/mol. The number of hydrogen-bond donors (Lipinski definition) is 2. The number of nitrogens with zero attached hydrogens (tertiary/aromatic N) is 2. The molecule has 0 aliphatic rings. The number of nitrogens with one attached hydrogen (secondary N) is 1. The van der Waals surface area contributed by atoms with E-state index in [1.807, 2.05) is 6.92 Å². The Morgan fingerprint density at radius 2 is 2.21 bits per heavy atom. The fourth-order valence-electron chi connectivity index (χ4n) is 0.830. The molecule has 14 heavy (non-hydrogen) atoms. The van der Waals surface area contributed by atoms with Crippen molar-refractivity contribution in [1.29, 1.82) is 0 Å². The van der Waals surface area contributed by atoms with Crippen LogP contribution in [-0.4, -0.2) is 27.3 Å². The molecule has 2 N–H and O–H groups in total. The minimum atomic E-state index is -0.903. The van der Waals surface area contributed by atoms with Crippen LogP contribution in [0.5, 0.6) is 0 Å². The summed E-state index contributed by atoms with van der Waals surface area (Å²) in [6.07, 6.45) is 0.682. The highest BCUT2D eigenvalue weighted by atomic mass is 16.4. The number of rotatable bonds is 5. The van der Waals surface area contributed by atoms with Gasteiger partial charge in [-0.2, -0.15) is 0 Å². The quantitative estimate of drug-likeness (QED) is 0.704. The number of carboxylic acids is 1. The molecular weight excluding hydrogens is 186 g/mol. The lowest BCUT2D eigenvalue weighted by Crippen LogP contribution is -2.33. The molecule has 0 saturated carbocycles. The second kappa shape index (κ2) is 4.71. The van der Waals surface area contributed by atoms with E-state index in [0.717, 1.165) is 0 Å². The average Bonchev–Trinajstić information content (AvgIpc) is 2.61. The predicted octanol–water partition coefficient (Wildman–Crippen LogP) is 0.195. The van der Waals surface area contributed by atoms with E-state index in [1.165, 1.54) is 0 Å². The van der Waals surface area contributed by atoms with Gasteiger partial charge in [-0.1, -0.05) is 6.92 Å². The van der Waals surface area contributed by atoms with E-state index in [0.29, 0.717) is 18.2 Å². The Balaban J connectivity index is 2.41. The van der Waals surface area contributed by atoms with Crippen LogP contribution in [0, 0.1) is 0 Å². The molecule has 1 atom stereocenters. The zero-order valence-electron chi connectivity index (χ0n) is 8.15. The molecule has 78 valence electrons. The molecule has 0 radical (unpaired) electrons. The van der Waals surface area contributed by atoms with Crippen molar-refractivity contribution in [2.24, 2.45) is 0 Å². The SMILES string of the molecule is CCc1nnc(CNC(C)C(=O)O)o1. The van der Waals surface area contributed by atoms with Gasteiger partial charge in [0.15, 0.2) is 0 Å². The first-order valence-corrected chi connectivity index (χ1v) is 4.41. The summed E-state index contributed by atoms with van der Waals surface area (Å²) < 4.78 is 5.19. The molecule has 1 unspecified atom stereocenters. The Labute approximate surface area is 81.3 Å². The molecule has 0 saturated heterocycles. The Morgan fingerprint density at radius 1 is 1.57 bits per heavy atom. The first-order chi connectivity index (χ1) is 6.63. The summed E-state index contributed by atoms with van der Waals surface area (Å²) in [4.78, 5) is 10.5. The number of aryl methyl sites for hydroxylation is 1. The van der Waals surface area contributed by atoms with Crippen LogP contribution < -0.4 is 5.32 Å². The summed E-state index contributed by atoms with van der Waals surface area (Å²) in [5, 5.41) is 18.8. The maximum atomic E-state index is 10.5. The van der Waals surface area contributed by atoms with Crippen LogP contribution in [0.2, 0.25) is 0 Å². The number of carboxylic acid groups (broad SMARTS) is 1. The summed E-state index contributed by atoms with van der Waals surface area (Å²) in [5.74, 6) is 0.0694. The smallest absolute Gasteiger partial charge is 0.320 e. The van der Waals surface area contributed by atoms with Crippen LogP contribution in [0.25, 0.3) is 0 Å². The zero-order chi connectivity index (χ0) is 10.6. The van der Waals surface area contributed by atoms with Crippen molar-refractivity contribution in [2.75, 3.05) is 0 Å². The highest BCUT2D eigenvalue weighted by Gasteiger charge is 2.11. The van der Waals surface area contributed by atoms with Gasteiger partial charge in [0.05, 0.1) is 6.54 Å². The van der Waals surface area contributed by atoms with Gasteiger partial charge < -0.3 is 9.52 Å². The van der Waals surface area contributed by atoms with E-state index in [-0.39, 0.29) is 6.54 Å². The van der Waals surface area contributed by atoms with E-state index in [4.69, 9.17) is 9.52 Å². The lowest BCUT2D eigenvalue weighted by atomic mass is 10.3. The number of hydrogen-bond acceptors (Lipinski definition) is 5. The minimum absolute atomic E-state index is 0.278. The Hall–Kier alpha value is -1.43. The van der Waals surface area contributed by atoms with Crippen LogP contribution in [0.4, 0.5) is 0 Å². The van der Waals surface area contributed by atoms with Crippen molar-refractivity contribution in [1.82, 2.24) is 15.5 Å². The number of aromatic nitrogens is 2. The molecule has 6 heteroatoms. The summed E-state index contributed by atoms with van der Waals surface area (Å²) >= 11 is 0. The Bertz CT molecular complexity index is 311. The van der Waals surface area contributed by atoms with E-state index in [2.05, 4.69) is 15.5 Å². The average molecular weight is 199 g/mol. The van der Waals surface area contributed by atoms with Gasteiger partial charge in [0.25, 0.3) is 0 Å².